The van der Waals surface area contributed by atoms with E-state index in [-0.39, 0.29) is 6.10 Å². The minimum absolute atomic E-state index is 0.331. The number of nitrogens with one attached hydrogen (secondary N) is 1. The molecular formula is C26H22Cl3N3O4. The molecule has 10 heteroatoms. The number of rotatable bonds is 8. The quantitative estimate of drug-likeness (QED) is 0.179. The maximum Gasteiger partial charge on any atom is 0.511 e. The first-order valence-corrected chi connectivity index (χ1v) is 12.1. The van der Waals surface area contributed by atoms with E-state index in [1.165, 1.54) is 0 Å². The second-order valence-electron chi connectivity index (χ2n) is 7.93. The number of halogens is 3. The fourth-order valence-corrected chi connectivity index (χ4v) is 4.27. The van der Waals surface area contributed by atoms with E-state index in [1.807, 2.05) is 30.3 Å². The van der Waals surface area contributed by atoms with Crippen LogP contribution in [-0.4, -0.2) is 29.0 Å². The lowest BCUT2D eigenvalue weighted by molar-refractivity contribution is -0.00807. The molecule has 2 aromatic heterocycles. The summed E-state index contributed by atoms with van der Waals surface area (Å²) in [5.74, 6) is 0.926. The molecule has 0 aliphatic heterocycles. The highest BCUT2D eigenvalue weighted by Crippen LogP contribution is 2.43. The van der Waals surface area contributed by atoms with E-state index in [9.17, 15) is 4.79 Å². The van der Waals surface area contributed by atoms with Crippen LogP contribution in [0, 0.1) is 0 Å². The lowest BCUT2D eigenvalue weighted by Gasteiger charge is -2.25. The summed E-state index contributed by atoms with van der Waals surface area (Å²) < 4.78 is 16.1. The van der Waals surface area contributed by atoms with Crippen molar-refractivity contribution in [3.63, 3.8) is 0 Å². The van der Waals surface area contributed by atoms with Crippen molar-refractivity contribution in [3.8, 4) is 5.75 Å². The maximum absolute atomic E-state index is 11.9. The molecule has 0 radical (unpaired) electrons. The van der Waals surface area contributed by atoms with Gasteiger partial charge in [0.25, 0.3) is 0 Å². The van der Waals surface area contributed by atoms with Gasteiger partial charge in [0.05, 0.1) is 27.2 Å². The summed E-state index contributed by atoms with van der Waals surface area (Å²) in [5.41, 5.74) is 1.72. The van der Waals surface area contributed by atoms with Crippen LogP contribution in [0.4, 0.5) is 10.6 Å². The molecule has 0 aliphatic carbocycles. The summed E-state index contributed by atoms with van der Waals surface area (Å²) in [6.07, 6.45) is 2.11. The molecule has 4 aromatic rings. The van der Waals surface area contributed by atoms with Crippen molar-refractivity contribution in [2.24, 2.45) is 0 Å². The van der Waals surface area contributed by atoms with Crippen LogP contribution in [0.5, 0.6) is 5.75 Å². The van der Waals surface area contributed by atoms with Gasteiger partial charge in [0.1, 0.15) is 11.3 Å². The van der Waals surface area contributed by atoms with Gasteiger partial charge in [-0.25, -0.2) is 9.78 Å². The highest BCUT2D eigenvalue weighted by atomic mass is 35.5. The average molecular weight is 547 g/mol. The molecule has 0 bridgehead atoms. The zero-order valence-electron chi connectivity index (χ0n) is 19.4. The number of nitrogens with zero attached hydrogens (tertiary/aromatic N) is 2. The lowest BCUT2D eigenvalue weighted by Crippen LogP contribution is -2.18. The number of benzene rings is 2. The van der Waals surface area contributed by atoms with Crippen LogP contribution in [0.1, 0.15) is 31.0 Å². The van der Waals surface area contributed by atoms with Gasteiger partial charge in [-0.05, 0) is 55.8 Å². The fraction of sp³-hybridized carbons (Fsp3) is 0.192. The number of hydrogen-bond donors (Lipinski definition) is 1. The van der Waals surface area contributed by atoms with E-state index in [0.717, 1.165) is 0 Å². The molecule has 7 nitrogen and oxygen atoms in total. The van der Waals surface area contributed by atoms with Crippen molar-refractivity contribution in [1.29, 1.82) is 0 Å². The molecule has 1 unspecified atom stereocenters. The second kappa shape index (κ2) is 11.6. The minimum atomic E-state index is -0.848. The Bertz CT molecular complexity index is 1370. The van der Waals surface area contributed by atoms with Crippen LogP contribution in [0.15, 0.2) is 67.0 Å². The van der Waals surface area contributed by atoms with Gasteiger partial charge in [-0.2, -0.15) is 0 Å². The Morgan fingerprint density at radius 3 is 2.50 bits per heavy atom. The number of anilines is 1. The predicted molar refractivity (Wildman–Crippen MR) is 141 cm³/mol. The zero-order valence-corrected chi connectivity index (χ0v) is 21.6. The molecule has 0 spiro atoms. The van der Waals surface area contributed by atoms with Crippen LogP contribution in [-0.2, 0) is 9.47 Å². The van der Waals surface area contributed by atoms with Crippen molar-refractivity contribution in [1.82, 2.24) is 9.97 Å². The van der Waals surface area contributed by atoms with Gasteiger partial charge in [0.15, 0.2) is 5.75 Å². The topological polar surface area (TPSA) is 82.6 Å². The molecule has 186 valence electrons. The Hall–Kier alpha value is -3.26. The van der Waals surface area contributed by atoms with Crippen LogP contribution in [0.25, 0.3) is 10.9 Å². The Morgan fingerprint density at radius 2 is 1.75 bits per heavy atom. The van der Waals surface area contributed by atoms with Gasteiger partial charge in [0.2, 0.25) is 6.79 Å². The van der Waals surface area contributed by atoms with Crippen LogP contribution in [0.2, 0.25) is 15.1 Å². The summed E-state index contributed by atoms with van der Waals surface area (Å²) in [6.45, 7) is 3.03. The molecule has 2 heterocycles. The lowest BCUT2D eigenvalue weighted by atomic mass is 9.96. The Labute approximate surface area is 223 Å². The second-order valence-corrected chi connectivity index (χ2v) is 9.13. The maximum atomic E-state index is 11.9. The Morgan fingerprint density at radius 1 is 0.944 bits per heavy atom. The van der Waals surface area contributed by atoms with E-state index in [2.05, 4.69) is 15.3 Å². The van der Waals surface area contributed by atoms with Gasteiger partial charge < -0.3 is 19.5 Å². The van der Waals surface area contributed by atoms with Crippen molar-refractivity contribution < 1.29 is 19.0 Å². The third kappa shape index (κ3) is 5.93. The van der Waals surface area contributed by atoms with Gasteiger partial charge >= 0.3 is 6.16 Å². The predicted octanol–water partition coefficient (Wildman–Crippen LogP) is 7.69. The number of aromatic nitrogens is 2. The van der Waals surface area contributed by atoms with Crippen molar-refractivity contribution in [3.05, 3.63) is 93.2 Å². The first kappa shape index (κ1) is 25.8. The molecule has 1 N–H and O–H groups in total. The summed E-state index contributed by atoms with van der Waals surface area (Å²) in [6, 6.07) is 15.6. The standard InChI is InChI=1S/C26H22Cl3N3O4/c1-15(2)36-26(33)35-14-34-25-18(13-20(28)16-8-6-12-31-24(16)25)23(32-21-10-3-4-11-30-21)17-7-5-9-19(27)22(17)29/h3-13,15,23H,14H2,1-2H3,(H,30,32). The third-order valence-corrected chi connectivity index (χ3v) is 6.24. The van der Waals surface area contributed by atoms with E-state index in [1.54, 1.807) is 50.5 Å². The molecule has 2 aromatic carbocycles. The van der Waals surface area contributed by atoms with Crippen LogP contribution < -0.4 is 10.1 Å². The number of carbonyl (C=O) groups excluding carboxylic acids is 1. The van der Waals surface area contributed by atoms with E-state index in [0.29, 0.717) is 48.7 Å². The smallest absolute Gasteiger partial charge is 0.455 e. The first-order chi connectivity index (χ1) is 17.3. The number of hydrogen-bond acceptors (Lipinski definition) is 7. The largest absolute Gasteiger partial charge is 0.511 e. The van der Waals surface area contributed by atoms with Gasteiger partial charge in [0, 0.05) is 23.3 Å². The van der Waals surface area contributed by atoms with E-state index >= 15 is 0 Å². The van der Waals surface area contributed by atoms with E-state index in [4.69, 9.17) is 49.0 Å². The number of fused-ring (bicyclic) bond motifs is 1. The van der Waals surface area contributed by atoms with Crippen molar-refractivity contribution in [2.45, 2.75) is 26.0 Å². The first-order valence-electron chi connectivity index (χ1n) is 11.0. The fourth-order valence-electron chi connectivity index (χ4n) is 3.59. The van der Waals surface area contributed by atoms with Crippen LogP contribution in [0.3, 0.4) is 0 Å². The molecule has 0 amide bonds. The molecule has 36 heavy (non-hydrogen) atoms. The highest BCUT2D eigenvalue weighted by Gasteiger charge is 2.26. The van der Waals surface area contributed by atoms with Crippen LogP contribution >= 0.6 is 34.8 Å². The minimum Gasteiger partial charge on any atom is -0.455 e. The van der Waals surface area contributed by atoms with Crippen molar-refractivity contribution >= 4 is 57.7 Å². The zero-order chi connectivity index (χ0) is 25.7. The molecular weight excluding hydrogens is 525 g/mol. The number of ether oxygens (including phenoxy) is 3. The molecule has 4 rings (SSSR count). The normalized spacial score (nSPS) is 11.8. The molecule has 1 atom stereocenters. The molecule has 0 saturated carbocycles. The average Bonchev–Trinajstić information content (AvgIpc) is 2.86. The van der Waals surface area contributed by atoms with Gasteiger partial charge in [-0.1, -0.05) is 53.0 Å². The van der Waals surface area contributed by atoms with Crippen molar-refractivity contribution in [2.75, 3.05) is 12.1 Å². The number of carbonyl (C=O) groups is 1. The summed E-state index contributed by atoms with van der Waals surface area (Å²) in [7, 11) is 0. The molecule has 0 saturated heterocycles. The Balaban J connectivity index is 1.84. The third-order valence-electron chi connectivity index (χ3n) is 5.10. The number of pyridine rings is 2. The van der Waals surface area contributed by atoms with E-state index < -0.39 is 19.0 Å². The molecule has 0 fully saturated rings. The summed E-state index contributed by atoms with van der Waals surface area (Å²) >= 11 is 19.7. The summed E-state index contributed by atoms with van der Waals surface area (Å²) in [4.78, 5) is 20.8. The SMILES string of the molecule is CC(C)OC(=O)OCOc1c(C(Nc2ccccn2)c2cccc(Cl)c2Cl)cc(Cl)c2cccnc12. The monoisotopic (exact) mass is 545 g/mol. The summed E-state index contributed by atoms with van der Waals surface area (Å²) in [5, 5.41) is 5.24. The van der Waals surface area contributed by atoms with Gasteiger partial charge in [-0.3, -0.25) is 4.98 Å². The highest BCUT2D eigenvalue weighted by molar-refractivity contribution is 6.42. The Kier molecular flexibility index (Phi) is 8.36. The molecule has 0 aliphatic rings. The van der Waals surface area contributed by atoms with Gasteiger partial charge in [-0.15, -0.1) is 0 Å².